The molecule has 0 atom stereocenters. The van der Waals surface area contributed by atoms with E-state index in [1.165, 1.54) is 244 Å². The minimum Gasteiger partial charge on any atom is -0.481 e. The number of carboxylic acids is 1. The molecule has 0 aromatic carbocycles. The molecule has 0 spiro atoms. The van der Waals surface area contributed by atoms with E-state index >= 15 is 0 Å². The highest BCUT2D eigenvalue weighted by Gasteiger charge is 1.97. The summed E-state index contributed by atoms with van der Waals surface area (Å²) >= 11 is 0. The third kappa shape index (κ3) is 55.7. The molecule has 2 N–H and O–H groups in total. The zero-order chi connectivity index (χ0) is 38.1. The maximum atomic E-state index is 10.4. The lowest BCUT2D eigenvalue weighted by molar-refractivity contribution is -0.137. The van der Waals surface area contributed by atoms with E-state index in [9.17, 15) is 4.79 Å². The molecule has 0 aliphatic heterocycles. The van der Waals surface area contributed by atoms with Crippen LogP contribution in [-0.2, 0) is 4.79 Å². The lowest BCUT2D eigenvalue weighted by Gasteiger charge is -2.04. The van der Waals surface area contributed by atoms with Crippen molar-refractivity contribution in [3.63, 3.8) is 0 Å². The Morgan fingerprint density at radius 1 is 0.346 bits per heavy atom. The first-order chi connectivity index (χ1) is 25.7. The van der Waals surface area contributed by atoms with E-state index in [0.29, 0.717) is 6.42 Å². The first kappa shape index (κ1) is 53.0. The van der Waals surface area contributed by atoms with Gasteiger partial charge in [-0.2, -0.15) is 0 Å². The number of rotatable bonds is 43. The molecule has 0 radical (unpaired) electrons. The summed E-state index contributed by atoms with van der Waals surface area (Å²) in [5.41, 5.74) is 0. The standard InChI is InChI=1S/C27H55N.C22H42O2/c1-3-5-7-8-9-10-11-12-13-14-15-16-17-18-19-20-21-22-23-25-27-28-26-24-6-4-2;1-2-3-4-5-6-7-8-9-10-11-12-13-14-15-16-17-18-19-20-21-22(23)24/h12-13,28H,3-11,14-27H2,1-2H3;9-10H,2-8,11-21H2,1H3,(H,23,24)/b13-12-;10-9-. The minimum absolute atomic E-state index is 0.340. The number of aliphatic carboxylic acids is 1. The SMILES string of the molecule is CCCCCCCC/C=C\CCCCCCCCCCCC(=O)O.CCCCCCCC/C=C\CCCCCCCCCCCCNCCCCC. The molecule has 52 heavy (non-hydrogen) atoms. The number of nitrogens with one attached hydrogen (secondary N) is 1. The second-order valence-corrected chi connectivity index (χ2v) is 16.0. The largest absolute Gasteiger partial charge is 0.481 e. The van der Waals surface area contributed by atoms with E-state index in [2.05, 4.69) is 50.4 Å². The van der Waals surface area contributed by atoms with E-state index in [1.807, 2.05) is 0 Å². The van der Waals surface area contributed by atoms with Gasteiger partial charge in [0, 0.05) is 6.42 Å². The highest BCUT2D eigenvalue weighted by atomic mass is 16.4. The molecule has 0 aromatic heterocycles. The van der Waals surface area contributed by atoms with Crippen LogP contribution in [-0.4, -0.2) is 24.2 Å². The molecule has 3 heteroatoms. The highest BCUT2D eigenvalue weighted by molar-refractivity contribution is 5.66. The Bertz CT molecular complexity index is 687. The zero-order valence-corrected chi connectivity index (χ0v) is 36.2. The van der Waals surface area contributed by atoms with E-state index < -0.39 is 5.97 Å². The van der Waals surface area contributed by atoms with Crippen molar-refractivity contribution in [1.82, 2.24) is 5.32 Å². The van der Waals surface area contributed by atoms with E-state index in [-0.39, 0.29) is 0 Å². The first-order valence-electron chi connectivity index (χ1n) is 23.9. The summed E-state index contributed by atoms with van der Waals surface area (Å²) in [6.07, 6.45) is 61.5. The van der Waals surface area contributed by atoms with Gasteiger partial charge in [-0.1, -0.05) is 218 Å². The van der Waals surface area contributed by atoms with Gasteiger partial charge in [0.25, 0.3) is 0 Å². The normalized spacial score (nSPS) is 11.5. The molecule has 0 aliphatic rings. The fourth-order valence-electron chi connectivity index (χ4n) is 6.88. The highest BCUT2D eigenvalue weighted by Crippen LogP contribution is 2.14. The summed E-state index contributed by atoms with van der Waals surface area (Å²) in [5.74, 6) is -0.656. The molecule has 3 nitrogen and oxygen atoms in total. The lowest BCUT2D eigenvalue weighted by Crippen LogP contribution is -2.16. The Morgan fingerprint density at radius 2 is 0.577 bits per heavy atom. The molecule has 0 saturated heterocycles. The summed E-state index contributed by atoms with van der Waals surface area (Å²) in [5, 5.41) is 12.1. The maximum absolute atomic E-state index is 10.4. The second-order valence-electron chi connectivity index (χ2n) is 16.0. The van der Waals surface area contributed by atoms with Crippen LogP contribution in [0.1, 0.15) is 271 Å². The Labute approximate surface area is 328 Å². The van der Waals surface area contributed by atoms with Crippen molar-refractivity contribution in [2.24, 2.45) is 0 Å². The van der Waals surface area contributed by atoms with Crippen molar-refractivity contribution >= 4 is 5.97 Å². The van der Waals surface area contributed by atoms with Crippen LogP contribution in [0, 0.1) is 0 Å². The van der Waals surface area contributed by atoms with Crippen LogP contribution in [0.4, 0.5) is 0 Å². The van der Waals surface area contributed by atoms with Crippen molar-refractivity contribution in [2.75, 3.05) is 13.1 Å². The fourth-order valence-corrected chi connectivity index (χ4v) is 6.88. The lowest BCUT2D eigenvalue weighted by atomic mass is 10.1. The van der Waals surface area contributed by atoms with Crippen molar-refractivity contribution in [3.05, 3.63) is 24.3 Å². The first-order valence-corrected chi connectivity index (χ1v) is 23.9. The van der Waals surface area contributed by atoms with Crippen LogP contribution in [0.15, 0.2) is 24.3 Å². The molecule has 0 heterocycles. The number of allylic oxidation sites excluding steroid dienone is 4. The van der Waals surface area contributed by atoms with Gasteiger partial charge in [0.05, 0.1) is 0 Å². The van der Waals surface area contributed by atoms with E-state index in [0.717, 1.165) is 12.8 Å². The quantitative estimate of drug-likeness (QED) is 0.0485. The van der Waals surface area contributed by atoms with Crippen LogP contribution < -0.4 is 5.32 Å². The third-order valence-corrected chi connectivity index (χ3v) is 10.5. The number of carboxylic acid groups (broad SMARTS) is 1. The third-order valence-electron chi connectivity index (χ3n) is 10.5. The smallest absolute Gasteiger partial charge is 0.303 e. The van der Waals surface area contributed by atoms with Gasteiger partial charge in [-0.25, -0.2) is 0 Å². The van der Waals surface area contributed by atoms with Gasteiger partial charge in [-0.3, -0.25) is 4.79 Å². The summed E-state index contributed by atoms with van der Waals surface area (Å²) < 4.78 is 0. The molecule has 0 rings (SSSR count). The van der Waals surface area contributed by atoms with E-state index in [1.54, 1.807) is 0 Å². The monoisotopic (exact) mass is 732 g/mol. The van der Waals surface area contributed by atoms with Crippen molar-refractivity contribution in [1.29, 1.82) is 0 Å². The molecular weight excluding hydrogens is 635 g/mol. The molecule has 0 fully saturated rings. The van der Waals surface area contributed by atoms with Crippen LogP contribution in [0.5, 0.6) is 0 Å². The van der Waals surface area contributed by atoms with E-state index in [4.69, 9.17) is 5.11 Å². The Morgan fingerprint density at radius 3 is 0.885 bits per heavy atom. The Hall–Kier alpha value is -1.09. The minimum atomic E-state index is -0.656. The van der Waals surface area contributed by atoms with Crippen LogP contribution >= 0.6 is 0 Å². The zero-order valence-electron chi connectivity index (χ0n) is 36.2. The molecule has 310 valence electrons. The summed E-state index contributed by atoms with van der Waals surface area (Å²) in [6.45, 7) is 9.30. The average molecular weight is 732 g/mol. The summed E-state index contributed by atoms with van der Waals surface area (Å²) in [6, 6.07) is 0. The van der Waals surface area contributed by atoms with Crippen molar-refractivity contribution in [3.8, 4) is 0 Å². The van der Waals surface area contributed by atoms with Crippen LogP contribution in [0.25, 0.3) is 0 Å². The average Bonchev–Trinajstić information content (AvgIpc) is 3.14. The van der Waals surface area contributed by atoms with Crippen LogP contribution in [0.2, 0.25) is 0 Å². The van der Waals surface area contributed by atoms with Crippen molar-refractivity contribution < 1.29 is 9.90 Å². The molecule has 0 aliphatic carbocycles. The fraction of sp³-hybridized carbons (Fsp3) is 0.898. The Kier molecular flexibility index (Phi) is 53.0. The Balaban J connectivity index is 0. The molecular formula is C49H97NO2. The predicted octanol–water partition coefficient (Wildman–Crippen LogP) is 17.0. The molecule has 0 amide bonds. The summed E-state index contributed by atoms with van der Waals surface area (Å²) in [7, 11) is 0. The molecule has 0 bridgehead atoms. The number of unbranched alkanes of at least 4 members (excludes halogenated alkanes) is 33. The number of carbonyl (C=O) groups is 1. The molecule has 0 aromatic rings. The molecule has 0 saturated carbocycles. The van der Waals surface area contributed by atoms with Gasteiger partial charge in [-0.05, 0) is 83.7 Å². The maximum Gasteiger partial charge on any atom is 0.303 e. The number of hydrogen-bond acceptors (Lipinski definition) is 2. The van der Waals surface area contributed by atoms with Gasteiger partial charge in [-0.15, -0.1) is 0 Å². The topological polar surface area (TPSA) is 49.3 Å². The predicted molar refractivity (Wildman–Crippen MR) is 236 cm³/mol. The number of hydrogen-bond donors (Lipinski definition) is 2. The van der Waals surface area contributed by atoms with Crippen molar-refractivity contribution in [2.45, 2.75) is 271 Å². The molecule has 0 unspecified atom stereocenters. The van der Waals surface area contributed by atoms with Gasteiger partial charge >= 0.3 is 5.97 Å². The second kappa shape index (κ2) is 52.0. The van der Waals surface area contributed by atoms with Gasteiger partial charge in [0.1, 0.15) is 0 Å². The van der Waals surface area contributed by atoms with Gasteiger partial charge in [0.2, 0.25) is 0 Å². The summed E-state index contributed by atoms with van der Waals surface area (Å²) in [4.78, 5) is 10.4. The van der Waals surface area contributed by atoms with Gasteiger partial charge < -0.3 is 10.4 Å². The van der Waals surface area contributed by atoms with Crippen LogP contribution in [0.3, 0.4) is 0 Å². The van der Waals surface area contributed by atoms with Gasteiger partial charge in [0.15, 0.2) is 0 Å².